The predicted octanol–water partition coefficient (Wildman–Crippen LogP) is 0.972. The van der Waals surface area contributed by atoms with Crippen LogP contribution in [-0.2, 0) is 22.8 Å². The minimum atomic E-state index is -5.66. The SMILES string of the molecule is C#CC(=O)CC/C(C)=C/CC/C(C)=C/COP(=O)([O-])OP(=O)([O-])[O-]. The number of rotatable bonds is 11. The van der Waals surface area contributed by atoms with Crippen LogP contribution in [0.2, 0.25) is 0 Å². The Morgan fingerprint density at radius 1 is 1.08 bits per heavy atom. The molecule has 0 bridgehead atoms. The predicted molar refractivity (Wildman–Crippen MR) is 82.1 cm³/mol. The molecular formula is C14H19O8P2-3. The van der Waals surface area contributed by atoms with E-state index < -0.39 is 22.3 Å². The summed E-state index contributed by atoms with van der Waals surface area (Å²) in [6.07, 6.45) is 10.5. The Bertz CT molecular complexity index is 623. The van der Waals surface area contributed by atoms with Gasteiger partial charge in [-0.3, -0.25) is 13.7 Å². The van der Waals surface area contributed by atoms with Crippen molar-refractivity contribution in [1.29, 1.82) is 0 Å². The van der Waals surface area contributed by atoms with Crippen LogP contribution in [0.1, 0.15) is 39.5 Å². The first kappa shape index (κ1) is 23.0. The maximum Gasteiger partial charge on any atom is 0.272 e. The maximum atomic E-state index is 11.0. The second-order valence-corrected chi connectivity index (χ2v) is 7.68. The molecule has 0 amide bonds. The number of ketones is 1. The highest BCUT2D eigenvalue weighted by Gasteiger charge is 2.10. The zero-order valence-electron chi connectivity index (χ0n) is 13.4. The Kier molecular flexibility index (Phi) is 10.3. The zero-order valence-corrected chi connectivity index (χ0v) is 15.2. The van der Waals surface area contributed by atoms with Crippen molar-refractivity contribution in [2.45, 2.75) is 39.5 Å². The van der Waals surface area contributed by atoms with E-state index in [0.717, 1.165) is 11.1 Å². The van der Waals surface area contributed by atoms with Gasteiger partial charge in [0.1, 0.15) is 0 Å². The van der Waals surface area contributed by atoms with Gasteiger partial charge in [-0.05, 0) is 39.0 Å². The Morgan fingerprint density at radius 2 is 1.67 bits per heavy atom. The molecule has 0 aliphatic heterocycles. The lowest BCUT2D eigenvalue weighted by Gasteiger charge is -2.34. The molecule has 24 heavy (non-hydrogen) atoms. The monoisotopic (exact) mass is 377 g/mol. The lowest BCUT2D eigenvalue weighted by Crippen LogP contribution is -2.19. The minimum absolute atomic E-state index is 0.249. The van der Waals surface area contributed by atoms with Crippen molar-refractivity contribution in [1.82, 2.24) is 0 Å². The van der Waals surface area contributed by atoms with E-state index in [9.17, 15) is 28.6 Å². The van der Waals surface area contributed by atoms with Gasteiger partial charge in [0, 0.05) is 6.42 Å². The van der Waals surface area contributed by atoms with E-state index in [1.54, 1.807) is 6.92 Å². The summed E-state index contributed by atoms with van der Waals surface area (Å²) < 4.78 is 28.8. The van der Waals surface area contributed by atoms with Crippen LogP contribution in [0.5, 0.6) is 0 Å². The minimum Gasteiger partial charge on any atom is -0.790 e. The van der Waals surface area contributed by atoms with Crippen LogP contribution in [0.3, 0.4) is 0 Å². The molecule has 0 aromatic heterocycles. The number of hydrogen-bond donors (Lipinski definition) is 0. The van der Waals surface area contributed by atoms with Crippen molar-refractivity contribution in [3.05, 3.63) is 23.3 Å². The average molecular weight is 377 g/mol. The van der Waals surface area contributed by atoms with Crippen molar-refractivity contribution >= 4 is 21.4 Å². The fraction of sp³-hybridized carbons (Fsp3) is 0.500. The summed E-state index contributed by atoms with van der Waals surface area (Å²) in [5, 5.41) is 0. The third-order valence-corrected chi connectivity index (χ3v) is 4.87. The third-order valence-electron chi connectivity index (χ3n) is 2.80. The summed E-state index contributed by atoms with van der Waals surface area (Å²) in [6.45, 7) is 3.17. The van der Waals surface area contributed by atoms with E-state index in [-0.39, 0.29) is 5.78 Å². The van der Waals surface area contributed by atoms with Gasteiger partial charge >= 0.3 is 0 Å². The second kappa shape index (κ2) is 10.8. The van der Waals surface area contributed by atoms with Gasteiger partial charge in [-0.25, -0.2) is 0 Å². The molecule has 0 fully saturated rings. The molecule has 1 unspecified atom stereocenters. The van der Waals surface area contributed by atoms with Gasteiger partial charge in [0.2, 0.25) is 5.78 Å². The molecular weight excluding hydrogens is 358 g/mol. The number of phosphoric ester groups is 1. The number of phosphoric acid groups is 2. The molecule has 0 N–H and O–H groups in total. The lowest BCUT2D eigenvalue weighted by molar-refractivity contribution is -0.339. The first-order chi connectivity index (χ1) is 10.9. The number of allylic oxidation sites excluding steroid dienone is 3. The first-order valence-electron chi connectivity index (χ1n) is 6.95. The number of Topliss-reactive ketones (excluding diaryl/α,β-unsaturated/α-hetero) is 1. The van der Waals surface area contributed by atoms with Gasteiger partial charge in [0.05, 0.1) is 14.4 Å². The molecule has 0 aliphatic carbocycles. The van der Waals surface area contributed by atoms with Crippen molar-refractivity contribution in [3.8, 4) is 12.3 Å². The Labute approximate surface area is 141 Å². The van der Waals surface area contributed by atoms with E-state index in [1.807, 2.05) is 18.9 Å². The average Bonchev–Trinajstić information content (AvgIpc) is 2.41. The van der Waals surface area contributed by atoms with E-state index in [4.69, 9.17) is 6.42 Å². The van der Waals surface area contributed by atoms with Gasteiger partial charge in [-0.15, -0.1) is 6.42 Å². The van der Waals surface area contributed by atoms with Crippen molar-refractivity contribution in [3.63, 3.8) is 0 Å². The van der Waals surface area contributed by atoms with Gasteiger partial charge in [0.25, 0.3) is 7.82 Å². The van der Waals surface area contributed by atoms with E-state index >= 15 is 0 Å². The Morgan fingerprint density at radius 3 is 2.21 bits per heavy atom. The van der Waals surface area contributed by atoms with Gasteiger partial charge in [-0.1, -0.05) is 23.3 Å². The van der Waals surface area contributed by atoms with Gasteiger partial charge in [-0.2, -0.15) is 0 Å². The normalized spacial score (nSPS) is 15.7. The van der Waals surface area contributed by atoms with E-state index in [1.165, 1.54) is 6.08 Å². The molecule has 0 aliphatic rings. The molecule has 0 aromatic rings. The summed E-state index contributed by atoms with van der Waals surface area (Å²) in [5.41, 5.74) is 1.81. The van der Waals surface area contributed by atoms with Crippen LogP contribution >= 0.6 is 15.6 Å². The van der Waals surface area contributed by atoms with Crippen LogP contribution < -0.4 is 14.7 Å². The lowest BCUT2D eigenvalue weighted by atomic mass is 10.1. The smallest absolute Gasteiger partial charge is 0.272 e. The van der Waals surface area contributed by atoms with Crippen molar-refractivity contribution < 1.29 is 37.4 Å². The number of carbonyl (C=O) groups excluding carboxylic acids is 1. The van der Waals surface area contributed by atoms with E-state index in [0.29, 0.717) is 25.7 Å². The second-order valence-electron chi connectivity index (χ2n) is 4.98. The fourth-order valence-corrected chi connectivity index (χ4v) is 2.98. The maximum absolute atomic E-state index is 11.0. The molecule has 136 valence electrons. The first-order valence-corrected chi connectivity index (χ1v) is 9.87. The topological polar surface area (TPSA) is 139 Å². The highest BCUT2D eigenvalue weighted by atomic mass is 31.3. The molecule has 10 heteroatoms. The number of terminal acetylenes is 1. The van der Waals surface area contributed by atoms with Crippen LogP contribution in [0, 0.1) is 12.3 Å². The van der Waals surface area contributed by atoms with Crippen molar-refractivity contribution in [2.24, 2.45) is 0 Å². The molecule has 0 saturated heterocycles. The Hall–Kier alpha value is -1.03. The van der Waals surface area contributed by atoms with E-state index in [2.05, 4.69) is 8.83 Å². The summed E-state index contributed by atoms with van der Waals surface area (Å²) in [7, 11) is -10.8. The quantitative estimate of drug-likeness (QED) is 0.225. The third kappa shape index (κ3) is 13.4. The Balaban J connectivity index is 4.20. The number of carbonyl (C=O) groups is 1. The van der Waals surface area contributed by atoms with Crippen LogP contribution in [-0.4, -0.2) is 12.4 Å². The molecule has 1 atom stereocenters. The molecule has 8 nitrogen and oxygen atoms in total. The molecule has 0 radical (unpaired) electrons. The fourth-order valence-electron chi connectivity index (χ4n) is 1.55. The molecule has 0 rings (SSSR count). The molecule has 0 saturated carbocycles. The highest BCUT2D eigenvalue weighted by molar-refractivity contribution is 7.58. The summed E-state index contributed by atoms with van der Waals surface area (Å²) in [6, 6.07) is 0. The van der Waals surface area contributed by atoms with Crippen LogP contribution in [0.25, 0.3) is 0 Å². The molecule has 0 heterocycles. The summed E-state index contributed by atoms with van der Waals surface area (Å²) in [5.74, 6) is 1.79. The summed E-state index contributed by atoms with van der Waals surface area (Å²) >= 11 is 0. The van der Waals surface area contributed by atoms with Crippen LogP contribution in [0.15, 0.2) is 23.3 Å². The zero-order chi connectivity index (χ0) is 18.8. The molecule has 0 spiro atoms. The highest BCUT2D eigenvalue weighted by Crippen LogP contribution is 2.50. The standard InChI is InChI=1S/C14H22O8P2/c1-4-14(15)9-8-12(2)6-5-7-13(3)10-11-21-24(19,20)22-23(16,17)18/h1,6,10H,5,7-9,11H2,2-3H3,(H,19,20)(H2,16,17,18)/p-3/b12-6+,13-10+. The van der Waals surface area contributed by atoms with Gasteiger partial charge < -0.3 is 23.8 Å². The summed E-state index contributed by atoms with van der Waals surface area (Å²) in [4.78, 5) is 42.4. The van der Waals surface area contributed by atoms with Crippen molar-refractivity contribution in [2.75, 3.05) is 6.61 Å². The van der Waals surface area contributed by atoms with Crippen LogP contribution in [0.4, 0.5) is 0 Å². The number of hydrogen-bond acceptors (Lipinski definition) is 8. The van der Waals surface area contributed by atoms with Gasteiger partial charge in [0.15, 0.2) is 0 Å². The molecule has 0 aromatic carbocycles. The largest absolute Gasteiger partial charge is 0.790 e.